The molecule has 41 heavy (non-hydrogen) atoms. The predicted molar refractivity (Wildman–Crippen MR) is 156 cm³/mol. The van der Waals surface area contributed by atoms with Gasteiger partial charge in [0.1, 0.15) is 5.03 Å². The number of fused-ring (bicyclic) bond motifs is 8. The second-order valence-corrected chi connectivity index (χ2v) is 14.0. The lowest BCUT2D eigenvalue weighted by Crippen LogP contribution is -2.63. The topological polar surface area (TPSA) is 98.6 Å². The fourth-order valence-corrected chi connectivity index (χ4v) is 10.0. The summed E-state index contributed by atoms with van der Waals surface area (Å²) in [5.41, 5.74) is 0.710. The average Bonchev–Trinajstić information content (AvgIpc) is 3.44. The quantitative estimate of drug-likeness (QED) is 0.454. The minimum atomic E-state index is -1.11. The third kappa shape index (κ3) is 3.97. The molecule has 7 nitrogen and oxygen atoms in total. The van der Waals surface area contributed by atoms with Crippen LogP contribution in [-0.2, 0) is 19.1 Å². The van der Waals surface area contributed by atoms with E-state index >= 15 is 0 Å². The van der Waals surface area contributed by atoms with Crippen LogP contribution in [0.5, 0.6) is 0 Å². The van der Waals surface area contributed by atoms with Gasteiger partial charge in [0.25, 0.3) is 0 Å². The van der Waals surface area contributed by atoms with Crippen molar-refractivity contribution in [2.75, 3.05) is 5.75 Å². The number of aliphatic hydroxyl groups is 1. The standard InChI is InChI=1S/C33H38N2O5S/c1-4-7-29-39-27-15-22-21-11-10-19-14-20(36)12-13-31(19,2)30(21)25(37)16-32(22,3)33(27,40-29)26(38)18-41-28-17-34-23-8-5-6-9-24(23)35-28/h5-6,8-9,12-14,17,21-22,25,27,29-30,37H,4,7,10-11,15-16,18H2,1-3H3/t21?,22?,25?,27-,29?,30?,31?,32?,33-/m1/s1. The molecule has 2 aromatic rings. The summed E-state index contributed by atoms with van der Waals surface area (Å²) in [6.07, 6.45) is 10.4. The van der Waals surface area contributed by atoms with E-state index in [1.165, 1.54) is 11.8 Å². The number of benzene rings is 1. The average molecular weight is 575 g/mol. The Morgan fingerprint density at radius 2 is 2.02 bits per heavy atom. The number of para-hydroxylation sites is 2. The minimum Gasteiger partial charge on any atom is -0.393 e. The van der Waals surface area contributed by atoms with Crippen LogP contribution in [0.3, 0.4) is 0 Å². The lowest BCUT2D eigenvalue weighted by molar-refractivity contribution is -0.197. The lowest BCUT2D eigenvalue weighted by atomic mass is 9.46. The zero-order valence-electron chi connectivity index (χ0n) is 23.9. The number of aliphatic hydroxyl groups excluding tert-OH is 1. The van der Waals surface area contributed by atoms with E-state index in [9.17, 15) is 14.7 Å². The molecule has 0 amide bonds. The van der Waals surface area contributed by atoms with Gasteiger partial charge in [-0.15, -0.1) is 0 Å². The molecule has 1 aliphatic heterocycles. The number of ketones is 2. The largest absolute Gasteiger partial charge is 0.393 e. The first-order valence-corrected chi connectivity index (χ1v) is 16.0. The molecular weight excluding hydrogens is 536 g/mol. The zero-order valence-corrected chi connectivity index (χ0v) is 24.7. The van der Waals surface area contributed by atoms with Gasteiger partial charge in [-0.05, 0) is 68.2 Å². The first kappa shape index (κ1) is 27.4. The second kappa shape index (κ2) is 9.83. The molecule has 2 heterocycles. The van der Waals surface area contributed by atoms with Gasteiger partial charge in [-0.25, -0.2) is 4.98 Å². The van der Waals surface area contributed by atoms with Gasteiger partial charge in [0, 0.05) is 16.7 Å². The first-order valence-electron chi connectivity index (χ1n) is 15.0. The third-order valence-electron chi connectivity index (χ3n) is 11.0. The van der Waals surface area contributed by atoms with Gasteiger partial charge in [-0.3, -0.25) is 14.6 Å². The Labute approximate surface area is 245 Å². The molecule has 7 rings (SSSR count). The zero-order chi connectivity index (χ0) is 28.6. The molecule has 1 aromatic heterocycles. The van der Waals surface area contributed by atoms with Crippen molar-refractivity contribution in [3.63, 3.8) is 0 Å². The number of hydrogen-bond donors (Lipinski definition) is 1. The van der Waals surface area contributed by atoms with Crippen molar-refractivity contribution in [3.8, 4) is 0 Å². The van der Waals surface area contributed by atoms with Crippen molar-refractivity contribution >= 4 is 34.4 Å². The van der Waals surface area contributed by atoms with E-state index in [0.29, 0.717) is 11.4 Å². The van der Waals surface area contributed by atoms with E-state index in [2.05, 4.69) is 25.8 Å². The van der Waals surface area contributed by atoms with Crippen molar-refractivity contribution in [1.29, 1.82) is 0 Å². The van der Waals surface area contributed by atoms with Crippen molar-refractivity contribution < 1.29 is 24.2 Å². The van der Waals surface area contributed by atoms with E-state index in [0.717, 1.165) is 48.7 Å². The minimum absolute atomic E-state index is 0.00964. The Hall–Kier alpha value is -2.39. The van der Waals surface area contributed by atoms with Gasteiger partial charge < -0.3 is 14.6 Å². The lowest BCUT2D eigenvalue weighted by Gasteiger charge is -2.59. The monoisotopic (exact) mass is 574 g/mol. The molecule has 4 fully saturated rings. The number of Topliss-reactive ketones (excluding diaryl/α,β-unsaturated/α-hetero) is 1. The first-order chi connectivity index (χ1) is 19.7. The number of carbonyl (C=O) groups excluding carboxylic acids is 2. The molecule has 0 bridgehead atoms. The van der Waals surface area contributed by atoms with Crippen LogP contribution in [0.4, 0.5) is 0 Å². The van der Waals surface area contributed by atoms with Crippen molar-refractivity contribution in [1.82, 2.24) is 9.97 Å². The smallest absolute Gasteiger partial charge is 0.178 e. The van der Waals surface area contributed by atoms with Gasteiger partial charge in [-0.2, -0.15) is 0 Å². The maximum atomic E-state index is 14.5. The number of rotatable bonds is 6. The number of aromatic nitrogens is 2. The molecule has 8 heteroatoms. The molecule has 1 N–H and O–H groups in total. The van der Waals surface area contributed by atoms with Crippen LogP contribution in [0, 0.1) is 28.6 Å². The number of nitrogens with zero attached hydrogens (tertiary/aromatic N) is 2. The highest BCUT2D eigenvalue weighted by molar-refractivity contribution is 7.99. The normalized spacial score (nSPS) is 41.0. The maximum Gasteiger partial charge on any atom is 0.178 e. The fraction of sp³-hybridized carbons (Fsp3) is 0.576. The third-order valence-corrected chi connectivity index (χ3v) is 11.9. The van der Waals surface area contributed by atoms with E-state index in [-0.39, 0.29) is 46.6 Å². The summed E-state index contributed by atoms with van der Waals surface area (Å²) in [6, 6.07) is 7.72. The number of ether oxygens (including phenoxy) is 2. The molecule has 216 valence electrons. The molecule has 4 aliphatic carbocycles. The van der Waals surface area contributed by atoms with Crippen LogP contribution >= 0.6 is 11.8 Å². The number of carbonyl (C=O) groups is 2. The van der Waals surface area contributed by atoms with E-state index < -0.39 is 23.4 Å². The Kier molecular flexibility index (Phi) is 6.58. The summed E-state index contributed by atoms with van der Waals surface area (Å²) in [7, 11) is 0. The van der Waals surface area contributed by atoms with Crippen molar-refractivity contribution in [3.05, 3.63) is 54.3 Å². The summed E-state index contributed by atoms with van der Waals surface area (Å²) >= 11 is 1.39. The summed E-state index contributed by atoms with van der Waals surface area (Å²) in [6.45, 7) is 6.44. The molecule has 0 spiro atoms. The van der Waals surface area contributed by atoms with Crippen LogP contribution in [-0.4, -0.2) is 56.5 Å². The van der Waals surface area contributed by atoms with Gasteiger partial charge >= 0.3 is 0 Å². The highest BCUT2D eigenvalue weighted by atomic mass is 32.2. The highest BCUT2D eigenvalue weighted by Gasteiger charge is 2.75. The Balaban J connectivity index is 1.21. The van der Waals surface area contributed by atoms with E-state index in [1.807, 2.05) is 30.3 Å². The number of hydrogen-bond acceptors (Lipinski definition) is 8. The summed E-state index contributed by atoms with van der Waals surface area (Å²) in [4.78, 5) is 35.9. The fourth-order valence-electron chi connectivity index (χ4n) is 9.26. The Morgan fingerprint density at radius 3 is 2.83 bits per heavy atom. The summed E-state index contributed by atoms with van der Waals surface area (Å²) < 4.78 is 13.3. The van der Waals surface area contributed by atoms with Crippen LogP contribution in [0.15, 0.2) is 59.3 Å². The predicted octanol–water partition coefficient (Wildman–Crippen LogP) is 5.46. The van der Waals surface area contributed by atoms with E-state index in [1.54, 1.807) is 18.3 Å². The van der Waals surface area contributed by atoms with Gasteiger partial charge in [0.2, 0.25) is 0 Å². The van der Waals surface area contributed by atoms with Gasteiger partial charge in [0.15, 0.2) is 23.5 Å². The molecule has 1 saturated heterocycles. The number of thioether (sulfide) groups is 1. The summed E-state index contributed by atoms with van der Waals surface area (Å²) in [5.74, 6) is 0.612. The Bertz CT molecular complexity index is 1470. The van der Waals surface area contributed by atoms with Crippen molar-refractivity contribution in [2.45, 2.75) is 88.4 Å². The Morgan fingerprint density at radius 1 is 1.22 bits per heavy atom. The van der Waals surface area contributed by atoms with Crippen LogP contribution in [0.2, 0.25) is 0 Å². The molecule has 0 radical (unpaired) electrons. The molecule has 3 saturated carbocycles. The van der Waals surface area contributed by atoms with E-state index in [4.69, 9.17) is 14.5 Å². The highest BCUT2D eigenvalue weighted by Crippen LogP contribution is 2.69. The molecule has 5 aliphatic rings. The van der Waals surface area contributed by atoms with Gasteiger partial charge in [-0.1, -0.05) is 62.7 Å². The van der Waals surface area contributed by atoms with Crippen LogP contribution < -0.4 is 0 Å². The second-order valence-electron chi connectivity index (χ2n) is 13.1. The summed E-state index contributed by atoms with van der Waals surface area (Å²) in [5, 5.41) is 12.6. The van der Waals surface area contributed by atoms with Crippen LogP contribution in [0.25, 0.3) is 11.0 Å². The molecule has 1 aromatic carbocycles. The SMILES string of the molecule is CCCC1O[C@@H]2CC3C4CCC5=CC(=O)C=CC5(C)C4C(O)CC3(C)[C@]2(C(=O)CSc2cnc3ccccc3n2)O1. The molecule has 7 unspecified atom stereocenters. The van der Waals surface area contributed by atoms with Crippen LogP contribution in [0.1, 0.15) is 59.3 Å². The van der Waals surface area contributed by atoms with Gasteiger partial charge in [0.05, 0.1) is 35.2 Å². The maximum absolute atomic E-state index is 14.5. The van der Waals surface area contributed by atoms with Crippen molar-refractivity contribution in [2.24, 2.45) is 28.6 Å². The number of allylic oxidation sites excluding steroid dienone is 4. The molecule has 9 atom stereocenters. The molecular formula is C33H38N2O5S.